The first kappa shape index (κ1) is 21.8. The van der Waals surface area contributed by atoms with Gasteiger partial charge in [-0.3, -0.25) is 9.59 Å². The van der Waals surface area contributed by atoms with Crippen molar-refractivity contribution in [1.82, 2.24) is 10.0 Å². The van der Waals surface area contributed by atoms with Gasteiger partial charge in [-0.1, -0.05) is 46.4 Å². The Balaban J connectivity index is 2.42. The van der Waals surface area contributed by atoms with E-state index in [1.54, 1.807) is 18.2 Å². The fourth-order valence-electron chi connectivity index (χ4n) is 2.55. The van der Waals surface area contributed by atoms with Crippen molar-refractivity contribution in [3.8, 4) is 0 Å². The van der Waals surface area contributed by atoms with Gasteiger partial charge in [-0.15, -0.1) is 0 Å². The Morgan fingerprint density at radius 3 is 1.52 bits per heavy atom. The maximum absolute atomic E-state index is 13.1. The highest BCUT2D eigenvalue weighted by Crippen LogP contribution is 2.27. The number of hydrazine groups is 1. The molecule has 4 nitrogen and oxygen atoms in total. The van der Waals surface area contributed by atoms with Crippen LogP contribution in [0, 0.1) is 0 Å². The quantitative estimate of drug-likeness (QED) is 0.512. The van der Waals surface area contributed by atoms with Crippen molar-refractivity contribution in [3.63, 3.8) is 0 Å². The molecule has 0 unspecified atom stereocenters. The molecule has 0 radical (unpaired) electrons. The van der Waals surface area contributed by atoms with Gasteiger partial charge in [-0.25, -0.2) is 10.0 Å². The molecular weight excluding hydrogens is 430 g/mol. The zero-order chi connectivity index (χ0) is 20.5. The van der Waals surface area contributed by atoms with Gasteiger partial charge in [0.2, 0.25) is 0 Å². The van der Waals surface area contributed by atoms with E-state index in [1.165, 1.54) is 35.3 Å². The number of benzene rings is 2. The third-order valence-electron chi connectivity index (χ3n) is 3.75. The average Bonchev–Trinajstić information content (AvgIpc) is 2.57. The van der Waals surface area contributed by atoms with Crippen LogP contribution in [0.2, 0.25) is 20.1 Å². The van der Waals surface area contributed by atoms with Gasteiger partial charge in [-0.2, -0.15) is 0 Å². The van der Waals surface area contributed by atoms with Gasteiger partial charge in [0.05, 0.1) is 25.6 Å². The van der Waals surface area contributed by atoms with Gasteiger partial charge < -0.3 is 0 Å². The molecule has 0 N–H and O–H groups in total. The third-order valence-corrected chi connectivity index (χ3v) is 5.23. The number of amides is 2. The first-order valence-corrected chi connectivity index (χ1v) is 9.47. The Morgan fingerprint density at radius 1 is 0.741 bits per heavy atom. The maximum atomic E-state index is 13.1. The van der Waals surface area contributed by atoms with Crippen molar-refractivity contribution < 1.29 is 9.59 Å². The minimum Gasteiger partial charge on any atom is -0.267 e. The van der Waals surface area contributed by atoms with Crippen LogP contribution in [0.5, 0.6) is 0 Å². The van der Waals surface area contributed by atoms with Crippen LogP contribution in [0.1, 0.15) is 41.5 Å². The molecule has 8 heteroatoms. The van der Waals surface area contributed by atoms with Crippen LogP contribution in [0.25, 0.3) is 0 Å². The molecule has 0 aliphatic carbocycles. The highest BCUT2D eigenvalue weighted by molar-refractivity contribution is 6.42. The predicted molar refractivity (Wildman–Crippen MR) is 111 cm³/mol. The summed E-state index contributed by atoms with van der Waals surface area (Å²) in [7, 11) is 1.52. The lowest BCUT2D eigenvalue weighted by molar-refractivity contribution is -0.0308. The Hall–Kier alpha value is -1.46. The lowest BCUT2D eigenvalue weighted by Crippen LogP contribution is -2.56. The largest absolute Gasteiger partial charge is 0.273 e. The molecule has 144 valence electrons. The van der Waals surface area contributed by atoms with Crippen LogP contribution < -0.4 is 0 Å². The van der Waals surface area contributed by atoms with E-state index in [-0.39, 0.29) is 10.0 Å². The molecule has 2 aromatic carbocycles. The SMILES string of the molecule is CN(C(=O)c1ccc(Cl)c(Cl)c1)N(C(=O)c1ccc(Cl)c(Cl)c1)C(C)(C)C. The van der Waals surface area contributed by atoms with Crippen molar-refractivity contribution in [2.75, 3.05) is 7.05 Å². The summed E-state index contributed by atoms with van der Waals surface area (Å²) >= 11 is 23.9. The Bertz CT molecular complexity index is 894. The molecule has 0 atom stereocenters. The molecule has 0 fully saturated rings. The normalized spacial score (nSPS) is 11.3. The summed E-state index contributed by atoms with van der Waals surface area (Å²) in [5, 5.41) is 3.82. The van der Waals surface area contributed by atoms with E-state index in [4.69, 9.17) is 46.4 Å². The maximum Gasteiger partial charge on any atom is 0.273 e. The number of nitrogens with zero attached hydrogens (tertiary/aromatic N) is 2. The van der Waals surface area contributed by atoms with Crippen LogP contribution in [-0.2, 0) is 0 Å². The molecule has 27 heavy (non-hydrogen) atoms. The van der Waals surface area contributed by atoms with E-state index in [0.717, 1.165) is 0 Å². The zero-order valence-electron chi connectivity index (χ0n) is 15.2. The van der Waals surface area contributed by atoms with Gasteiger partial charge >= 0.3 is 0 Å². The van der Waals surface area contributed by atoms with E-state index in [0.29, 0.717) is 21.2 Å². The van der Waals surface area contributed by atoms with Gasteiger partial charge in [0.1, 0.15) is 0 Å². The first-order valence-electron chi connectivity index (χ1n) is 7.96. The average molecular weight is 448 g/mol. The summed E-state index contributed by atoms with van der Waals surface area (Å²) in [6.07, 6.45) is 0. The minimum absolute atomic E-state index is 0.258. The lowest BCUT2D eigenvalue weighted by Gasteiger charge is -2.41. The second-order valence-corrected chi connectivity index (χ2v) is 8.50. The van der Waals surface area contributed by atoms with Gasteiger partial charge in [0.15, 0.2) is 0 Å². The van der Waals surface area contributed by atoms with E-state index >= 15 is 0 Å². The van der Waals surface area contributed by atoms with Crippen LogP contribution in [-0.4, -0.2) is 34.4 Å². The molecule has 0 aliphatic rings. The Labute approximate surface area is 178 Å². The van der Waals surface area contributed by atoms with Crippen molar-refractivity contribution in [3.05, 3.63) is 67.6 Å². The Kier molecular flexibility index (Phi) is 6.69. The van der Waals surface area contributed by atoms with Crippen LogP contribution in [0.4, 0.5) is 0 Å². The second-order valence-electron chi connectivity index (χ2n) is 6.87. The molecule has 2 rings (SSSR count). The van der Waals surface area contributed by atoms with Gasteiger partial charge in [0.25, 0.3) is 11.8 Å². The molecule has 2 amide bonds. The molecule has 0 saturated heterocycles. The number of hydrogen-bond donors (Lipinski definition) is 0. The lowest BCUT2D eigenvalue weighted by atomic mass is 10.1. The van der Waals surface area contributed by atoms with Gasteiger partial charge in [0, 0.05) is 18.2 Å². The monoisotopic (exact) mass is 446 g/mol. The van der Waals surface area contributed by atoms with E-state index in [1.807, 2.05) is 20.8 Å². The summed E-state index contributed by atoms with van der Waals surface area (Å²) in [6.45, 7) is 5.46. The summed E-state index contributed by atoms with van der Waals surface area (Å²) in [4.78, 5) is 26.1. The number of rotatable bonds is 2. The molecule has 0 aliphatic heterocycles. The molecule has 0 saturated carbocycles. The predicted octanol–water partition coefficient (Wildman–Crippen LogP) is 6.23. The highest BCUT2D eigenvalue weighted by atomic mass is 35.5. The molecule has 0 spiro atoms. The fraction of sp³-hybridized carbons (Fsp3) is 0.263. The molecule has 0 heterocycles. The van der Waals surface area contributed by atoms with Crippen molar-refractivity contribution >= 4 is 58.2 Å². The third kappa shape index (κ3) is 4.88. The number of hydrogen-bond acceptors (Lipinski definition) is 2. The van der Waals surface area contributed by atoms with Gasteiger partial charge in [-0.05, 0) is 57.2 Å². The first-order chi connectivity index (χ1) is 12.4. The number of carbonyl (C=O) groups excluding carboxylic acids is 2. The molecule has 2 aromatic rings. The van der Waals surface area contributed by atoms with Crippen molar-refractivity contribution in [2.24, 2.45) is 0 Å². The van der Waals surface area contributed by atoms with E-state index in [9.17, 15) is 9.59 Å². The molecule has 0 bridgehead atoms. The standard InChI is InChI=1S/C19H18Cl4N2O2/c1-19(2,3)25(18(27)12-6-8-14(21)16(23)10-12)24(4)17(26)11-5-7-13(20)15(22)9-11/h5-10H,1-4H3. The fourth-order valence-corrected chi connectivity index (χ4v) is 3.15. The molecule has 0 aromatic heterocycles. The molecular formula is C19H18Cl4N2O2. The summed E-state index contributed by atoms with van der Waals surface area (Å²) in [6, 6.07) is 9.13. The second kappa shape index (κ2) is 8.27. The van der Waals surface area contributed by atoms with Crippen LogP contribution in [0.3, 0.4) is 0 Å². The zero-order valence-corrected chi connectivity index (χ0v) is 18.2. The topological polar surface area (TPSA) is 40.6 Å². The van der Waals surface area contributed by atoms with Crippen molar-refractivity contribution in [1.29, 1.82) is 0 Å². The van der Waals surface area contributed by atoms with Crippen LogP contribution >= 0.6 is 46.4 Å². The smallest absolute Gasteiger partial charge is 0.267 e. The Morgan fingerprint density at radius 2 is 1.15 bits per heavy atom. The van der Waals surface area contributed by atoms with Crippen LogP contribution in [0.15, 0.2) is 36.4 Å². The summed E-state index contributed by atoms with van der Waals surface area (Å²) < 4.78 is 0. The minimum atomic E-state index is -0.691. The number of carbonyl (C=O) groups is 2. The van der Waals surface area contributed by atoms with E-state index in [2.05, 4.69) is 0 Å². The van der Waals surface area contributed by atoms with Crippen molar-refractivity contribution in [2.45, 2.75) is 26.3 Å². The van der Waals surface area contributed by atoms with E-state index < -0.39 is 17.4 Å². The number of halogens is 4. The summed E-state index contributed by atoms with van der Waals surface area (Å²) in [5.74, 6) is -0.797. The highest BCUT2D eigenvalue weighted by Gasteiger charge is 2.34. The summed E-state index contributed by atoms with van der Waals surface area (Å²) in [5.41, 5.74) is -0.0692.